The maximum atomic E-state index is 12.9. The van der Waals surface area contributed by atoms with Gasteiger partial charge in [-0.05, 0) is 49.7 Å². The third kappa shape index (κ3) is 5.84. The Morgan fingerprint density at radius 3 is 2.58 bits per heavy atom. The van der Waals surface area contributed by atoms with Crippen molar-refractivity contribution in [2.75, 3.05) is 23.4 Å². The molecule has 1 N–H and O–H groups in total. The van der Waals surface area contributed by atoms with E-state index < -0.39 is 12.6 Å². The minimum absolute atomic E-state index is 0.161. The molecule has 0 spiro atoms. The van der Waals surface area contributed by atoms with Crippen LogP contribution in [0.25, 0.3) is 0 Å². The second kappa shape index (κ2) is 10.6. The van der Waals surface area contributed by atoms with Crippen LogP contribution in [0.1, 0.15) is 49.9 Å². The average molecular weight is 424 g/mol. The SMILES string of the molecule is CCCCCOc1ccc(C(=O)OCC(=O)N2c3ccccc3NC(=O)C[C@@H]2C)cc1. The first kappa shape index (κ1) is 22.3. The first-order valence-corrected chi connectivity index (χ1v) is 10.6. The van der Waals surface area contributed by atoms with E-state index >= 15 is 0 Å². The van der Waals surface area contributed by atoms with E-state index in [0.29, 0.717) is 29.3 Å². The number of nitrogens with one attached hydrogen (secondary N) is 1. The number of amides is 2. The molecule has 0 saturated heterocycles. The molecule has 7 heteroatoms. The Hall–Kier alpha value is -3.35. The molecule has 3 rings (SSSR count). The van der Waals surface area contributed by atoms with Crippen LogP contribution in [0.15, 0.2) is 48.5 Å². The van der Waals surface area contributed by atoms with Gasteiger partial charge in [0, 0.05) is 12.5 Å². The lowest BCUT2D eigenvalue weighted by Gasteiger charge is -2.27. The summed E-state index contributed by atoms with van der Waals surface area (Å²) < 4.78 is 10.9. The van der Waals surface area contributed by atoms with Crippen LogP contribution in [0.4, 0.5) is 11.4 Å². The number of para-hydroxylation sites is 2. The molecule has 7 nitrogen and oxygen atoms in total. The monoisotopic (exact) mass is 424 g/mol. The summed E-state index contributed by atoms with van der Waals surface area (Å²) in [5.74, 6) is -0.448. The normalized spacial score (nSPS) is 15.5. The number of ether oxygens (including phenoxy) is 2. The van der Waals surface area contributed by atoms with E-state index in [1.807, 2.05) is 0 Å². The smallest absolute Gasteiger partial charge is 0.338 e. The number of benzene rings is 2. The number of carbonyl (C=O) groups excluding carboxylic acids is 3. The number of hydrogen-bond donors (Lipinski definition) is 1. The quantitative estimate of drug-likeness (QED) is 0.508. The van der Waals surface area contributed by atoms with Gasteiger partial charge in [0.25, 0.3) is 5.91 Å². The third-order valence-corrected chi connectivity index (χ3v) is 5.06. The summed E-state index contributed by atoms with van der Waals surface area (Å²) in [7, 11) is 0. The summed E-state index contributed by atoms with van der Waals surface area (Å²) in [6, 6.07) is 13.4. The first-order valence-electron chi connectivity index (χ1n) is 10.6. The zero-order valence-electron chi connectivity index (χ0n) is 17.9. The topological polar surface area (TPSA) is 84.9 Å². The summed E-state index contributed by atoms with van der Waals surface area (Å²) in [4.78, 5) is 38.8. The second-order valence-corrected chi connectivity index (χ2v) is 7.54. The highest BCUT2D eigenvalue weighted by Gasteiger charge is 2.30. The predicted octanol–water partition coefficient (Wildman–Crippen LogP) is 4.18. The number of fused-ring (bicyclic) bond motifs is 1. The van der Waals surface area contributed by atoms with Gasteiger partial charge in [0.1, 0.15) is 5.75 Å². The predicted molar refractivity (Wildman–Crippen MR) is 118 cm³/mol. The molecule has 2 amide bonds. The summed E-state index contributed by atoms with van der Waals surface area (Å²) in [6.07, 6.45) is 3.39. The van der Waals surface area contributed by atoms with Crippen LogP contribution in [0, 0.1) is 0 Å². The molecule has 1 heterocycles. The number of unbranched alkanes of at least 4 members (excludes halogenated alkanes) is 2. The van der Waals surface area contributed by atoms with Crippen molar-refractivity contribution in [2.24, 2.45) is 0 Å². The Morgan fingerprint density at radius 1 is 1.10 bits per heavy atom. The maximum Gasteiger partial charge on any atom is 0.338 e. The maximum absolute atomic E-state index is 12.9. The Balaban J connectivity index is 1.60. The molecular formula is C24H28N2O5. The van der Waals surface area contributed by atoms with E-state index in [4.69, 9.17) is 9.47 Å². The number of carbonyl (C=O) groups is 3. The number of esters is 1. The number of hydrogen-bond acceptors (Lipinski definition) is 5. The highest BCUT2D eigenvalue weighted by Crippen LogP contribution is 2.31. The van der Waals surface area contributed by atoms with Gasteiger partial charge < -0.3 is 19.7 Å². The highest BCUT2D eigenvalue weighted by atomic mass is 16.5. The van der Waals surface area contributed by atoms with Crippen molar-refractivity contribution in [2.45, 2.75) is 45.6 Å². The van der Waals surface area contributed by atoms with Crippen LogP contribution in [0.5, 0.6) is 5.75 Å². The number of rotatable bonds is 8. The third-order valence-electron chi connectivity index (χ3n) is 5.06. The molecule has 0 aliphatic carbocycles. The molecule has 2 aromatic carbocycles. The molecule has 0 bridgehead atoms. The van der Waals surface area contributed by atoms with Crippen LogP contribution in [-0.4, -0.2) is 37.0 Å². The van der Waals surface area contributed by atoms with Gasteiger partial charge in [-0.25, -0.2) is 4.79 Å². The van der Waals surface area contributed by atoms with Gasteiger partial charge in [-0.15, -0.1) is 0 Å². The van der Waals surface area contributed by atoms with Crippen LogP contribution in [-0.2, 0) is 14.3 Å². The fourth-order valence-electron chi connectivity index (χ4n) is 3.48. The summed E-state index contributed by atoms with van der Waals surface area (Å²) in [5.41, 5.74) is 1.49. The molecule has 2 aromatic rings. The molecule has 31 heavy (non-hydrogen) atoms. The molecule has 0 radical (unpaired) electrons. The number of anilines is 2. The van der Waals surface area contributed by atoms with Crippen molar-refractivity contribution < 1.29 is 23.9 Å². The van der Waals surface area contributed by atoms with E-state index in [-0.39, 0.29) is 24.3 Å². The van der Waals surface area contributed by atoms with E-state index in [9.17, 15) is 14.4 Å². The number of nitrogens with zero attached hydrogens (tertiary/aromatic N) is 1. The summed E-state index contributed by atoms with van der Waals surface area (Å²) in [6.45, 7) is 4.15. The van der Waals surface area contributed by atoms with Gasteiger partial charge >= 0.3 is 5.97 Å². The molecule has 0 unspecified atom stereocenters. The molecule has 1 aliphatic rings. The second-order valence-electron chi connectivity index (χ2n) is 7.54. The van der Waals surface area contributed by atoms with Crippen LogP contribution in [0.3, 0.4) is 0 Å². The van der Waals surface area contributed by atoms with Gasteiger partial charge in [0.15, 0.2) is 6.61 Å². The van der Waals surface area contributed by atoms with Gasteiger partial charge in [-0.3, -0.25) is 9.59 Å². The Labute approximate surface area is 182 Å². The zero-order valence-corrected chi connectivity index (χ0v) is 17.9. The molecule has 1 atom stereocenters. The van der Waals surface area contributed by atoms with E-state index in [2.05, 4.69) is 12.2 Å². The summed E-state index contributed by atoms with van der Waals surface area (Å²) in [5, 5.41) is 2.80. The Morgan fingerprint density at radius 2 is 1.84 bits per heavy atom. The highest BCUT2D eigenvalue weighted by molar-refractivity contribution is 6.05. The van der Waals surface area contributed by atoms with Gasteiger partial charge in [-0.1, -0.05) is 31.9 Å². The van der Waals surface area contributed by atoms with E-state index in [1.165, 1.54) is 4.90 Å². The van der Waals surface area contributed by atoms with Gasteiger partial charge in [-0.2, -0.15) is 0 Å². The van der Waals surface area contributed by atoms with E-state index in [0.717, 1.165) is 19.3 Å². The van der Waals surface area contributed by atoms with Gasteiger partial charge in [0.2, 0.25) is 5.91 Å². The molecule has 0 aromatic heterocycles. The summed E-state index contributed by atoms with van der Waals surface area (Å²) >= 11 is 0. The van der Waals surface area contributed by atoms with Crippen molar-refractivity contribution in [3.63, 3.8) is 0 Å². The zero-order chi connectivity index (χ0) is 22.2. The standard InChI is InChI=1S/C24H28N2O5/c1-3-4-7-14-30-19-12-10-18(11-13-19)24(29)31-16-23(28)26-17(2)15-22(27)25-20-8-5-6-9-21(20)26/h5-6,8-13,17H,3-4,7,14-16H2,1-2H3,(H,25,27)/t17-/m0/s1. The Bertz CT molecular complexity index is 926. The van der Waals surface area contributed by atoms with Crippen molar-refractivity contribution in [1.29, 1.82) is 0 Å². The first-order chi connectivity index (χ1) is 15.0. The molecule has 164 valence electrons. The largest absolute Gasteiger partial charge is 0.494 e. The van der Waals surface area contributed by atoms with Crippen LogP contribution in [0.2, 0.25) is 0 Å². The molecule has 0 fully saturated rings. The van der Waals surface area contributed by atoms with Crippen molar-refractivity contribution in [3.05, 3.63) is 54.1 Å². The van der Waals surface area contributed by atoms with Crippen molar-refractivity contribution in [1.82, 2.24) is 0 Å². The molecule has 1 aliphatic heterocycles. The van der Waals surface area contributed by atoms with Gasteiger partial charge in [0.05, 0.1) is 23.5 Å². The average Bonchev–Trinajstić information content (AvgIpc) is 2.89. The lowest BCUT2D eigenvalue weighted by molar-refractivity contribution is -0.122. The molecular weight excluding hydrogens is 396 g/mol. The molecule has 0 saturated carbocycles. The van der Waals surface area contributed by atoms with Crippen LogP contribution >= 0.6 is 0 Å². The van der Waals surface area contributed by atoms with Crippen LogP contribution < -0.4 is 15.0 Å². The van der Waals surface area contributed by atoms with Crippen molar-refractivity contribution in [3.8, 4) is 5.75 Å². The van der Waals surface area contributed by atoms with E-state index in [1.54, 1.807) is 55.5 Å². The minimum atomic E-state index is -0.587. The fraction of sp³-hybridized carbons (Fsp3) is 0.375. The van der Waals surface area contributed by atoms with Crippen molar-refractivity contribution >= 4 is 29.2 Å². The lowest BCUT2D eigenvalue weighted by atomic mass is 10.1. The minimum Gasteiger partial charge on any atom is -0.494 e. The Kier molecular flexibility index (Phi) is 7.65. The fourth-order valence-corrected chi connectivity index (χ4v) is 3.48. The lowest BCUT2D eigenvalue weighted by Crippen LogP contribution is -2.41.